The number of nitrogens with zero attached hydrogens (tertiary/aromatic N) is 3. The van der Waals surface area contributed by atoms with E-state index in [1.165, 1.54) is 11.9 Å². The third-order valence-corrected chi connectivity index (χ3v) is 3.54. The monoisotopic (exact) mass is 325 g/mol. The molecule has 0 saturated heterocycles. The SMILES string of the molecule is Cc1c(Cl)ncnc1N(C)Cc1cccc(Br)c1. The molecule has 0 atom stereocenters. The molecule has 2 aromatic rings. The van der Waals surface area contributed by atoms with E-state index >= 15 is 0 Å². The van der Waals surface area contributed by atoms with Gasteiger partial charge >= 0.3 is 0 Å². The van der Waals surface area contributed by atoms with E-state index in [2.05, 4.69) is 42.9 Å². The Morgan fingerprint density at radius 2 is 2.11 bits per heavy atom. The maximum absolute atomic E-state index is 6.00. The molecule has 5 heteroatoms. The van der Waals surface area contributed by atoms with Crippen molar-refractivity contribution in [1.29, 1.82) is 0 Å². The van der Waals surface area contributed by atoms with E-state index in [0.717, 1.165) is 22.4 Å². The summed E-state index contributed by atoms with van der Waals surface area (Å²) in [6.45, 7) is 2.70. The van der Waals surface area contributed by atoms with E-state index in [0.29, 0.717) is 5.15 Å². The van der Waals surface area contributed by atoms with Gasteiger partial charge in [-0.1, -0.05) is 39.7 Å². The van der Waals surface area contributed by atoms with E-state index in [1.807, 2.05) is 26.1 Å². The molecule has 1 aromatic heterocycles. The average molecular weight is 327 g/mol. The molecular formula is C13H13BrClN3. The summed E-state index contributed by atoms with van der Waals surface area (Å²) in [6.07, 6.45) is 1.49. The van der Waals surface area contributed by atoms with Gasteiger partial charge in [0.15, 0.2) is 0 Å². The van der Waals surface area contributed by atoms with Gasteiger partial charge in [-0.25, -0.2) is 9.97 Å². The smallest absolute Gasteiger partial charge is 0.137 e. The van der Waals surface area contributed by atoms with Crippen molar-refractivity contribution in [1.82, 2.24) is 9.97 Å². The molecule has 0 aliphatic heterocycles. The van der Waals surface area contributed by atoms with E-state index in [-0.39, 0.29) is 0 Å². The van der Waals surface area contributed by atoms with Crippen molar-refractivity contribution in [2.75, 3.05) is 11.9 Å². The lowest BCUT2D eigenvalue weighted by molar-refractivity contribution is 0.881. The zero-order valence-corrected chi connectivity index (χ0v) is 12.5. The Hall–Kier alpha value is -1.13. The lowest BCUT2D eigenvalue weighted by atomic mass is 10.2. The predicted octanol–water partition coefficient (Wildman–Crippen LogP) is 3.84. The third kappa shape index (κ3) is 3.00. The third-order valence-electron chi connectivity index (χ3n) is 2.67. The fourth-order valence-corrected chi connectivity index (χ4v) is 2.36. The molecule has 0 N–H and O–H groups in total. The van der Waals surface area contributed by atoms with Gasteiger partial charge in [-0.2, -0.15) is 0 Å². The van der Waals surface area contributed by atoms with Gasteiger partial charge in [0.05, 0.1) is 0 Å². The minimum absolute atomic E-state index is 0.501. The van der Waals surface area contributed by atoms with Crippen molar-refractivity contribution in [2.24, 2.45) is 0 Å². The second kappa shape index (κ2) is 5.67. The summed E-state index contributed by atoms with van der Waals surface area (Å²) < 4.78 is 1.07. The zero-order chi connectivity index (χ0) is 13.1. The van der Waals surface area contributed by atoms with Gasteiger partial charge in [0.2, 0.25) is 0 Å². The Kier molecular flexibility index (Phi) is 4.19. The average Bonchev–Trinajstić information content (AvgIpc) is 2.32. The fraction of sp³-hybridized carbons (Fsp3) is 0.231. The quantitative estimate of drug-likeness (QED) is 0.803. The van der Waals surface area contributed by atoms with E-state index in [4.69, 9.17) is 11.6 Å². The van der Waals surface area contributed by atoms with Crippen LogP contribution in [-0.4, -0.2) is 17.0 Å². The summed E-state index contributed by atoms with van der Waals surface area (Å²) in [5, 5.41) is 0.501. The molecule has 0 radical (unpaired) electrons. The molecule has 0 bridgehead atoms. The topological polar surface area (TPSA) is 29.0 Å². The Morgan fingerprint density at radius 1 is 1.33 bits per heavy atom. The van der Waals surface area contributed by atoms with E-state index < -0.39 is 0 Å². The first-order valence-corrected chi connectivity index (χ1v) is 6.67. The van der Waals surface area contributed by atoms with Crippen LogP contribution in [0.4, 0.5) is 5.82 Å². The summed E-state index contributed by atoms with van der Waals surface area (Å²) in [7, 11) is 1.99. The second-order valence-electron chi connectivity index (χ2n) is 4.10. The normalized spacial score (nSPS) is 10.4. The fourth-order valence-electron chi connectivity index (χ4n) is 1.79. The molecule has 0 saturated carbocycles. The molecular weight excluding hydrogens is 314 g/mol. The van der Waals surface area contributed by atoms with Gasteiger partial charge in [-0.3, -0.25) is 0 Å². The number of anilines is 1. The molecule has 1 heterocycles. The van der Waals surface area contributed by atoms with Crippen molar-refractivity contribution in [3.05, 3.63) is 51.3 Å². The maximum Gasteiger partial charge on any atom is 0.137 e. The second-order valence-corrected chi connectivity index (χ2v) is 5.37. The number of halogens is 2. The number of benzene rings is 1. The van der Waals surface area contributed by atoms with Gasteiger partial charge in [0, 0.05) is 23.6 Å². The molecule has 0 unspecified atom stereocenters. The summed E-state index contributed by atoms with van der Waals surface area (Å²) in [4.78, 5) is 10.3. The Balaban J connectivity index is 2.22. The zero-order valence-electron chi connectivity index (χ0n) is 10.2. The lowest BCUT2D eigenvalue weighted by Crippen LogP contribution is -2.19. The minimum Gasteiger partial charge on any atom is -0.355 e. The highest BCUT2D eigenvalue weighted by Gasteiger charge is 2.10. The Bertz CT molecular complexity index is 560. The van der Waals surface area contributed by atoms with Crippen molar-refractivity contribution < 1.29 is 0 Å². The molecule has 0 spiro atoms. The van der Waals surface area contributed by atoms with Crippen molar-refractivity contribution in [2.45, 2.75) is 13.5 Å². The number of hydrogen-bond acceptors (Lipinski definition) is 3. The molecule has 18 heavy (non-hydrogen) atoms. The highest BCUT2D eigenvalue weighted by Crippen LogP contribution is 2.22. The van der Waals surface area contributed by atoms with Crippen LogP contribution in [0.5, 0.6) is 0 Å². The molecule has 3 nitrogen and oxygen atoms in total. The first kappa shape index (κ1) is 13.3. The summed E-state index contributed by atoms with van der Waals surface area (Å²) in [5.41, 5.74) is 2.11. The summed E-state index contributed by atoms with van der Waals surface area (Å²) in [6, 6.07) is 8.21. The van der Waals surface area contributed by atoms with Crippen molar-refractivity contribution in [3.8, 4) is 0 Å². The van der Waals surface area contributed by atoms with Crippen LogP contribution >= 0.6 is 27.5 Å². The van der Waals surface area contributed by atoms with Crippen LogP contribution in [0.3, 0.4) is 0 Å². The van der Waals surface area contributed by atoms with E-state index in [1.54, 1.807) is 0 Å². The number of hydrogen-bond donors (Lipinski definition) is 0. The highest BCUT2D eigenvalue weighted by atomic mass is 79.9. The minimum atomic E-state index is 0.501. The summed E-state index contributed by atoms with van der Waals surface area (Å²) >= 11 is 9.47. The number of rotatable bonds is 3. The molecule has 0 amide bonds. The first-order chi connectivity index (χ1) is 8.58. The van der Waals surface area contributed by atoms with Crippen LogP contribution in [0.1, 0.15) is 11.1 Å². The number of aromatic nitrogens is 2. The molecule has 1 aromatic carbocycles. The predicted molar refractivity (Wildman–Crippen MR) is 78.0 cm³/mol. The van der Waals surface area contributed by atoms with Gasteiger partial charge in [0.25, 0.3) is 0 Å². The van der Waals surface area contributed by atoms with Crippen LogP contribution < -0.4 is 4.90 Å². The van der Waals surface area contributed by atoms with Gasteiger partial charge in [-0.05, 0) is 24.6 Å². The molecule has 94 valence electrons. The largest absolute Gasteiger partial charge is 0.355 e. The molecule has 0 aliphatic carbocycles. The molecule has 0 aliphatic rings. The Labute approximate surface area is 120 Å². The van der Waals surface area contributed by atoms with Crippen LogP contribution in [0.15, 0.2) is 35.1 Å². The lowest BCUT2D eigenvalue weighted by Gasteiger charge is -2.20. The van der Waals surface area contributed by atoms with Crippen LogP contribution in [-0.2, 0) is 6.54 Å². The van der Waals surface area contributed by atoms with Crippen LogP contribution in [0.2, 0.25) is 5.15 Å². The van der Waals surface area contributed by atoms with Crippen molar-refractivity contribution >= 4 is 33.3 Å². The highest BCUT2D eigenvalue weighted by molar-refractivity contribution is 9.10. The van der Waals surface area contributed by atoms with Crippen LogP contribution in [0.25, 0.3) is 0 Å². The van der Waals surface area contributed by atoms with Gasteiger partial charge in [0.1, 0.15) is 17.3 Å². The van der Waals surface area contributed by atoms with Crippen molar-refractivity contribution in [3.63, 3.8) is 0 Å². The molecule has 2 rings (SSSR count). The van der Waals surface area contributed by atoms with Gasteiger partial charge < -0.3 is 4.90 Å². The standard InChI is InChI=1S/C13H13BrClN3/c1-9-12(15)16-8-17-13(9)18(2)7-10-4-3-5-11(14)6-10/h3-6,8H,7H2,1-2H3. The van der Waals surface area contributed by atoms with Crippen LogP contribution in [0, 0.1) is 6.92 Å². The van der Waals surface area contributed by atoms with E-state index in [9.17, 15) is 0 Å². The first-order valence-electron chi connectivity index (χ1n) is 5.50. The molecule has 0 fully saturated rings. The van der Waals surface area contributed by atoms with Gasteiger partial charge in [-0.15, -0.1) is 0 Å². The Morgan fingerprint density at radius 3 is 2.83 bits per heavy atom. The summed E-state index contributed by atoms with van der Waals surface area (Å²) in [5.74, 6) is 0.856. The maximum atomic E-state index is 6.00.